The second-order valence-electron chi connectivity index (χ2n) is 5.09. The molecule has 1 aromatic carbocycles. The molecule has 3 aromatic rings. The third kappa shape index (κ3) is 3.14. The first-order chi connectivity index (χ1) is 11.2. The molecular formula is C18H17N3OS. The smallest absolute Gasteiger partial charge is 0.277 e. The summed E-state index contributed by atoms with van der Waals surface area (Å²) < 4.78 is 0. The van der Waals surface area contributed by atoms with Gasteiger partial charge in [0.2, 0.25) is 0 Å². The molecule has 2 heterocycles. The zero-order chi connectivity index (χ0) is 16.2. The average molecular weight is 323 g/mol. The lowest BCUT2D eigenvalue weighted by Gasteiger charge is -2.21. The standard InChI is InChI=1S/C18H17N3OS/c1-3-21(16-10-5-4-8-13(16)2)18(22)15-12-23-17(20-15)14-9-6-7-11-19-14/h4-12H,3H2,1-2H3. The summed E-state index contributed by atoms with van der Waals surface area (Å²) >= 11 is 1.44. The summed E-state index contributed by atoms with van der Waals surface area (Å²) in [6, 6.07) is 13.6. The largest absolute Gasteiger partial charge is 0.307 e. The summed E-state index contributed by atoms with van der Waals surface area (Å²) in [5, 5.41) is 2.56. The van der Waals surface area contributed by atoms with E-state index >= 15 is 0 Å². The SMILES string of the molecule is CCN(C(=O)c1csc(-c2ccccn2)n1)c1ccccc1C. The van der Waals surface area contributed by atoms with Crippen molar-refractivity contribution < 1.29 is 4.79 Å². The summed E-state index contributed by atoms with van der Waals surface area (Å²) in [5.41, 5.74) is 3.24. The van der Waals surface area contributed by atoms with E-state index in [0.717, 1.165) is 22.0 Å². The van der Waals surface area contributed by atoms with Crippen LogP contribution >= 0.6 is 11.3 Å². The summed E-state index contributed by atoms with van der Waals surface area (Å²) in [6.45, 7) is 4.57. The molecule has 0 aliphatic heterocycles. The van der Waals surface area contributed by atoms with E-state index in [1.807, 2.05) is 56.3 Å². The second kappa shape index (κ2) is 6.71. The number of amides is 1. The van der Waals surface area contributed by atoms with E-state index in [-0.39, 0.29) is 5.91 Å². The van der Waals surface area contributed by atoms with E-state index < -0.39 is 0 Å². The van der Waals surface area contributed by atoms with Crippen molar-refractivity contribution in [3.05, 3.63) is 65.3 Å². The Kier molecular flexibility index (Phi) is 4.48. The number of carbonyl (C=O) groups is 1. The number of para-hydroxylation sites is 1. The molecule has 1 amide bonds. The highest BCUT2D eigenvalue weighted by Gasteiger charge is 2.20. The van der Waals surface area contributed by atoms with Crippen molar-refractivity contribution in [2.45, 2.75) is 13.8 Å². The number of thiazole rings is 1. The molecule has 3 rings (SSSR count). The van der Waals surface area contributed by atoms with Gasteiger partial charge >= 0.3 is 0 Å². The Morgan fingerprint density at radius 3 is 2.65 bits per heavy atom. The molecular weight excluding hydrogens is 306 g/mol. The Balaban J connectivity index is 1.91. The molecule has 23 heavy (non-hydrogen) atoms. The lowest BCUT2D eigenvalue weighted by Crippen LogP contribution is -2.31. The Bertz CT molecular complexity index is 814. The van der Waals surface area contributed by atoms with E-state index in [1.54, 1.807) is 16.5 Å². The Morgan fingerprint density at radius 1 is 1.17 bits per heavy atom. The Hall–Kier alpha value is -2.53. The highest BCUT2D eigenvalue weighted by Crippen LogP contribution is 2.25. The maximum Gasteiger partial charge on any atom is 0.277 e. The van der Waals surface area contributed by atoms with Gasteiger partial charge in [0.05, 0.1) is 5.69 Å². The third-order valence-electron chi connectivity index (χ3n) is 3.57. The van der Waals surface area contributed by atoms with E-state index in [2.05, 4.69) is 9.97 Å². The van der Waals surface area contributed by atoms with Crippen molar-refractivity contribution in [2.24, 2.45) is 0 Å². The fraction of sp³-hybridized carbons (Fsp3) is 0.167. The number of aryl methyl sites for hydroxylation is 1. The van der Waals surface area contributed by atoms with Crippen LogP contribution in [0.3, 0.4) is 0 Å². The van der Waals surface area contributed by atoms with Gasteiger partial charge in [-0.1, -0.05) is 24.3 Å². The maximum atomic E-state index is 12.8. The van der Waals surface area contributed by atoms with Crippen LogP contribution in [0.4, 0.5) is 5.69 Å². The van der Waals surface area contributed by atoms with Crippen LogP contribution in [-0.4, -0.2) is 22.4 Å². The number of anilines is 1. The topological polar surface area (TPSA) is 46.1 Å². The normalized spacial score (nSPS) is 10.5. The van der Waals surface area contributed by atoms with Crippen molar-refractivity contribution in [3.8, 4) is 10.7 Å². The van der Waals surface area contributed by atoms with E-state index in [4.69, 9.17) is 0 Å². The zero-order valence-corrected chi connectivity index (χ0v) is 13.9. The van der Waals surface area contributed by atoms with Crippen LogP contribution in [-0.2, 0) is 0 Å². The quantitative estimate of drug-likeness (QED) is 0.723. The van der Waals surface area contributed by atoms with Gasteiger partial charge in [-0.2, -0.15) is 0 Å². The molecule has 0 spiro atoms. The van der Waals surface area contributed by atoms with Gasteiger partial charge in [-0.15, -0.1) is 11.3 Å². The molecule has 0 N–H and O–H groups in total. The highest BCUT2D eigenvalue weighted by atomic mass is 32.1. The van der Waals surface area contributed by atoms with Crippen LogP contribution in [0, 0.1) is 6.92 Å². The van der Waals surface area contributed by atoms with Crippen molar-refractivity contribution in [3.63, 3.8) is 0 Å². The first-order valence-electron chi connectivity index (χ1n) is 7.45. The van der Waals surface area contributed by atoms with Crippen LogP contribution in [0.1, 0.15) is 23.0 Å². The molecule has 0 atom stereocenters. The monoisotopic (exact) mass is 323 g/mol. The molecule has 0 saturated carbocycles. The van der Waals surface area contributed by atoms with Crippen LogP contribution in [0.25, 0.3) is 10.7 Å². The molecule has 0 aliphatic rings. The fourth-order valence-corrected chi connectivity index (χ4v) is 3.18. The molecule has 0 fully saturated rings. The number of hydrogen-bond acceptors (Lipinski definition) is 4. The summed E-state index contributed by atoms with van der Waals surface area (Å²) in [6.07, 6.45) is 1.73. The number of rotatable bonds is 4. The molecule has 2 aromatic heterocycles. The van der Waals surface area contributed by atoms with Crippen molar-refractivity contribution >= 4 is 22.9 Å². The minimum absolute atomic E-state index is 0.0831. The first kappa shape index (κ1) is 15.4. The fourth-order valence-electron chi connectivity index (χ4n) is 2.41. The lowest BCUT2D eigenvalue weighted by atomic mass is 10.1. The molecule has 0 radical (unpaired) electrons. The number of nitrogens with zero attached hydrogens (tertiary/aromatic N) is 3. The van der Waals surface area contributed by atoms with Crippen molar-refractivity contribution in [1.82, 2.24) is 9.97 Å². The molecule has 0 aliphatic carbocycles. The van der Waals surface area contributed by atoms with Crippen molar-refractivity contribution in [1.29, 1.82) is 0 Å². The minimum atomic E-state index is -0.0831. The molecule has 4 nitrogen and oxygen atoms in total. The van der Waals surface area contributed by atoms with Gasteiger partial charge in [0, 0.05) is 23.8 Å². The maximum absolute atomic E-state index is 12.8. The van der Waals surface area contributed by atoms with E-state index in [9.17, 15) is 4.79 Å². The van der Waals surface area contributed by atoms with Gasteiger partial charge in [-0.25, -0.2) is 4.98 Å². The summed E-state index contributed by atoms with van der Waals surface area (Å²) in [7, 11) is 0. The first-order valence-corrected chi connectivity index (χ1v) is 8.33. The predicted octanol–water partition coefficient (Wildman–Crippen LogP) is 4.18. The number of pyridine rings is 1. The molecule has 0 bridgehead atoms. The van der Waals surface area contributed by atoms with Gasteiger partial charge in [-0.05, 0) is 37.6 Å². The lowest BCUT2D eigenvalue weighted by molar-refractivity contribution is 0.0984. The number of aromatic nitrogens is 2. The van der Waals surface area contributed by atoms with Gasteiger partial charge in [0.25, 0.3) is 5.91 Å². The van der Waals surface area contributed by atoms with Crippen molar-refractivity contribution in [2.75, 3.05) is 11.4 Å². The average Bonchev–Trinajstić information content (AvgIpc) is 3.08. The summed E-state index contributed by atoms with van der Waals surface area (Å²) in [4.78, 5) is 23.3. The van der Waals surface area contributed by atoms with Crippen LogP contribution in [0.2, 0.25) is 0 Å². The molecule has 0 unspecified atom stereocenters. The second-order valence-corrected chi connectivity index (χ2v) is 5.95. The van der Waals surface area contributed by atoms with Gasteiger partial charge < -0.3 is 4.90 Å². The van der Waals surface area contributed by atoms with Crippen LogP contribution in [0.5, 0.6) is 0 Å². The zero-order valence-electron chi connectivity index (χ0n) is 13.1. The molecule has 0 saturated heterocycles. The summed E-state index contributed by atoms with van der Waals surface area (Å²) in [5.74, 6) is -0.0831. The number of hydrogen-bond donors (Lipinski definition) is 0. The Labute approximate surface area is 139 Å². The minimum Gasteiger partial charge on any atom is -0.307 e. The van der Waals surface area contributed by atoms with E-state index in [1.165, 1.54) is 11.3 Å². The van der Waals surface area contributed by atoms with Crippen LogP contribution in [0.15, 0.2) is 54.0 Å². The van der Waals surface area contributed by atoms with Gasteiger partial charge in [-0.3, -0.25) is 9.78 Å². The third-order valence-corrected chi connectivity index (χ3v) is 4.44. The number of benzene rings is 1. The molecule has 116 valence electrons. The number of carbonyl (C=O) groups excluding carboxylic acids is 1. The van der Waals surface area contributed by atoms with Crippen LogP contribution < -0.4 is 4.90 Å². The van der Waals surface area contributed by atoms with Gasteiger partial charge in [0.15, 0.2) is 0 Å². The highest BCUT2D eigenvalue weighted by molar-refractivity contribution is 7.13. The predicted molar refractivity (Wildman–Crippen MR) is 93.9 cm³/mol. The Morgan fingerprint density at radius 2 is 1.96 bits per heavy atom. The van der Waals surface area contributed by atoms with E-state index in [0.29, 0.717) is 12.2 Å². The molecule has 5 heteroatoms. The van der Waals surface area contributed by atoms with Gasteiger partial charge in [0.1, 0.15) is 10.7 Å².